The van der Waals surface area contributed by atoms with E-state index in [1.54, 1.807) is 37.6 Å². The molecule has 0 amide bonds. The zero-order valence-electron chi connectivity index (χ0n) is 15.5. The quantitative estimate of drug-likeness (QED) is 0.656. The molecule has 0 spiro atoms. The summed E-state index contributed by atoms with van der Waals surface area (Å²) in [6, 6.07) is 14.1. The van der Waals surface area contributed by atoms with E-state index in [9.17, 15) is 8.42 Å². The summed E-state index contributed by atoms with van der Waals surface area (Å²) >= 11 is 0. The van der Waals surface area contributed by atoms with E-state index in [0.717, 1.165) is 11.0 Å². The van der Waals surface area contributed by atoms with Gasteiger partial charge in [0.2, 0.25) is 15.9 Å². The average Bonchev–Trinajstić information content (AvgIpc) is 2.74. The number of sulfonamides is 1. The Labute approximate surface area is 164 Å². The number of piperidine rings is 1. The summed E-state index contributed by atoms with van der Waals surface area (Å²) in [5.74, 6) is 1.10. The minimum absolute atomic E-state index is 0.0854. The Morgan fingerprint density at radius 1 is 1.00 bits per heavy atom. The Morgan fingerprint density at radius 2 is 1.68 bits per heavy atom. The number of fused-ring (bicyclic) bond motifs is 1. The Bertz CT molecular complexity index is 1060. The van der Waals surface area contributed by atoms with Gasteiger partial charge in [0.15, 0.2) is 0 Å². The molecule has 3 aromatic rings. The van der Waals surface area contributed by atoms with Gasteiger partial charge in [0.05, 0.1) is 29.2 Å². The fourth-order valence-corrected chi connectivity index (χ4v) is 4.72. The van der Waals surface area contributed by atoms with Crippen LogP contribution >= 0.6 is 0 Å². The van der Waals surface area contributed by atoms with E-state index in [0.29, 0.717) is 37.6 Å². The third-order valence-electron chi connectivity index (χ3n) is 4.81. The molecule has 2 heterocycles. The van der Waals surface area contributed by atoms with Crippen LogP contribution in [0.1, 0.15) is 12.8 Å². The molecular formula is C20H21N3O4S. The fourth-order valence-electron chi connectivity index (χ4n) is 3.25. The van der Waals surface area contributed by atoms with Crippen molar-refractivity contribution in [2.24, 2.45) is 0 Å². The molecule has 0 N–H and O–H groups in total. The van der Waals surface area contributed by atoms with Crippen LogP contribution in [0.5, 0.6) is 11.6 Å². The zero-order valence-corrected chi connectivity index (χ0v) is 16.3. The standard InChI is InChI=1S/C20H21N3O4S/c1-26-15-6-8-17(9-7-15)28(24,25)23-12-10-16(11-13-23)27-20-14-21-18-4-2-3-5-19(18)22-20/h2-9,14,16H,10-13H2,1H3. The van der Waals surface area contributed by atoms with Crippen molar-refractivity contribution in [1.82, 2.24) is 14.3 Å². The number of ether oxygens (including phenoxy) is 2. The molecule has 8 heteroatoms. The van der Waals surface area contributed by atoms with Crippen molar-refractivity contribution in [3.05, 3.63) is 54.7 Å². The molecule has 4 rings (SSSR count). The van der Waals surface area contributed by atoms with Gasteiger partial charge in [-0.2, -0.15) is 4.31 Å². The number of nitrogens with zero attached hydrogens (tertiary/aromatic N) is 3. The predicted octanol–water partition coefficient (Wildman–Crippen LogP) is 2.87. The molecule has 0 bridgehead atoms. The first-order valence-corrected chi connectivity index (χ1v) is 10.5. The largest absolute Gasteiger partial charge is 0.497 e. The number of methoxy groups -OCH3 is 1. The van der Waals surface area contributed by atoms with Gasteiger partial charge in [0.1, 0.15) is 11.9 Å². The lowest BCUT2D eigenvalue weighted by molar-refractivity contribution is 0.130. The second-order valence-corrected chi connectivity index (χ2v) is 8.53. The van der Waals surface area contributed by atoms with Gasteiger partial charge in [-0.05, 0) is 49.2 Å². The summed E-state index contributed by atoms with van der Waals surface area (Å²) in [5, 5.41) is 0. The lowest BCUT2D eigenvalue weighted by Gasteiger charge is -2.31. The highest BCUT2D eigenvalue weighted by atomic mass is 32.2. The summed E-state index contributed by atoms with van der Waals surface area (Å²) in [7, 11) is -1.97. The second-order valence-electron chi connectivity index (χ2n) is 6.59. The number of hydrogen-bond donors (Lipinski definition) is 0. The smallest absolute Gasteiger partial charge is 0.243 e. The number of hydrogen-bond acceptors (Lipinski definition) is 6. The molecule has 1 fully saturated rings. The van der Waals surface area contributed by atoms with Gasteiger partial charge in [0, 0.05) is 13.1 Å². The van der Waals surface area contributed by atoms with Gasteiger partial charge in [-0.15, -0.1) is 0 Å². The van der Waals surface area contributed by atoms with E-state index in [4.69, 9.17) is 9.47 Å². The van der Waals surface area contributed by atoms with Crippen molar-refractivity contribution in [2.75, 3.05) is 20.2 Å². The highest BCUT2D eigenvalue weighted by Gasteiger charge is 2.30. The third-order valence-corrected chi connectivity index (χ3v) is 6.72. The summed E-state index contributed by atoms with van der Waals surface area (Å²) < 4.78 is 38.2. The Balaban J connectivity index is 1.40. The van der Waals surface area contributed by atoms with Gasteiger partial charge in [-0.25, -0.2) is 18.4 Å². The van der Waals surface area contributed by atoms with Crippen LogP contribution in [0, 0.1) is 0 Å². The van der Waals surface area contributed by atoms with Crippen molar-refractivity contribution < 1.29 is 17.9 Å². The van der Waals surface area contributed by atoms with E-state index in [1.165, 1.54) is 4.31 Å². The van der Waals surface area contributed by atoms with Gasteiger partial charge in [-0.1, -0.05) is 12.1 Å². The highest BCUT2D eigenvalue weighted by molar-refractivity contribution is 7.89. The zero-order chi connectivity index (χ0) is 19.6. The molecule has 146 valence electrons. The van der Waals surface area contributed by atoms with Crippen molar-refractivity contribution >= 4 is 21.1 Å². The molecule has 1 saturated heterocycles. The molecule has 0 atom stereocenters. The molecule has 1 aliphatic heterocycles. The van der Waals surface area contributed by atoms with E-state index in [-0.39, 0.29) is 11.0 Å². The van der Waals surface area contributed by atoms with Crippen LogP contribution in [0.15, 0.2) is 59.6 Å². The monoisotopic (exact) mass is 399 g/mol. The lowest BCUT2D eigenvalue weighted by atomic mass is 10.1. The summed E-state index contributed by atoms with van der Waals surface area (Å²) in [6.45, 7) is 0.806. The summed E-state index contributed by atoms with van der Waals surface area (Å²) in [5.41, 5.74) is 1.59. The van der Waals surface area contributed by atoms with Gasteiger partial charge < -0.3 is 9.47 Å². The van der Waals surface area contributed by atoms with Crippen LogP contribution in [0.4, 0.5) is 0 Å². The first kappa shape index (κ1) is 18.6. The normalized spacial score (nSPS) is 16.2. The van der Waals surface area contributed by atoms with Gasteiger partial charge in [0.25, 0.3) is 0 Å². The molecule has 0 saturated carbocycles. The van der Waals surface area contributed by atoms with Crippen LogP contribution in [-0.2, 0) is 10.0 Å². The topological polar surface area (TPSA) is 81.6 Å². The highest BCUT2D eigenvalue weighted by Crippen LogP contribution is 2.25. The third kappa shape index (κ3) is 3.79. The van der Waals surface area contributed by atoms with Crippen LogP contribution in [0.3, 0.4) is 0 Å². The van der Waals surface area contributed by atoms with Crippen molar-refractivity contribution in [1.29, 1.82) is 0 Å². The second kappa shape index (κ2) is 7.73. The Morgan fingerprint density at radius 3 is 2.36 bits per heavy atom. The molecule has 0 aliphatic carbocycles. The van der Waals surface area contributed by atoms with Crippen LogP contribution in [-0.4, -0.2) is 49.0 Å². The fraction of sp³-hybridized carbons (Fsp3) is 0.300. The number of benzene rings is 2. The summed E-state index contributed by atoms with van der Waals surface area (Å²) in [6.07, 6.45) is 2.73. The molecule has 2 aromatic carbocycles. The molecule has 1 aliphatic rings. The number of rotatable bonds is 5. The molecular weight excluding hydrogens is 378 g/mol. The Hall–Kier alpha value is -2.71. The maximum absolute atomic E-state index is 12.8. The first-order chi connectivity index (χ1) is 13.6. The van der Waals surface area contributed by atoms with E-state index < -0.39 is 10.0 Å². The SMILES string of the molecule is COc1ccc(S(=O)(=O)N2CCC(Oc3cnc4ccccc4n3)CC2)cc1. The van der Waals surface area contributed by atoms with Crippen LogP contribution in [0.2, 0.25) is 0 Å². The molecule has 1 aromatic heterocycles. The van der Waals surface area contributed by atoms with E-state index >= 15 is 0 Å². The summed E-state index contributed by atoms with van der Waals surface area (Å²) in [4.78, 5) is 9.09. The van der Waals surface area contributed by atoms with Gasteiger partial charge >= 0.3 is 0 Å². The first-order valence-electron chi connectivity index (χ1n) is 9.09. The maximum Gasteiger partial charge on any atom is 0.243 e. The van der Waals surface area contributed by atoms with Crippen molar-refractivity contribution in [3.63, 3.8) is 0 Å². The van der Waals surface area contributed by atoms with E-state index in [2.05, 4.69) is 9.97 Å². The molecule has 7 nitrogen and oxygen atoms in total. The minimum Gasteiger partial charge on any atom is -0.497 e. The molecule has 0 unspecified atom stereocenters. The predicted molar refractivity (Wildman–Crippen MR) is 105 cm³/mol. The van der Waals surface area contributed by atoms with Crippen LogP contribution < -0.4 is 9.47 Å². The van der Waals surface area contributed by atoms with Crippen LogP contribution in [0.25, 0.3) is 11.0 Å². The molecule has 28 heavy (non-hydrogen) atoms. The van der Waals surface area contributed by atoms with E-state index in [1.807, 2.05) is 24.3 Å². The molecule has 0 radical (unpaired) electrons. The van der Waals surface area contributed by atoms with Gasteiger partial charge in [-0.3, -0.25) is 0 Å². The maximum atomic E-state index is 12.8. The van der Waals surface area contributed by atoms with Crippen molar-refractivity contribution in [3.8, 4) is 11.6 Å². The number of aromatic nitrogens is 2. The Kier molecular flexibility index (Phi) is 5.15. The minimum atomic E-state index is -3.52. The average molecular weight is 399 g/mol. The van der Waals surface area contributed by atoms with Crippen molar-refractivity contribution in [2.45, 2.75) is 23.8 Å². The lowest BCUT2D eigenvalue weighted by Crippen LogP contribution is -2.41. The number of para-hydroxylation sites is 2.